The number of aryl methyl sites for hydroxylation is 2. The van der Waals surface area contributed by atoms with Gasteiger partial charge in [-0.05, 0) is 78.6 Å². The first-order valence-corrected chi connectivity index (χ1v) is 15.6. The molecule has 0 aliphatic carbocycles. The molecule has 0 saturated carbocycles. The van der Waals surface area contributed by atoms with Gasteiger partial charge in [0.1, 0.15) is 12.0 Å². The molecule has 1 aromatic heterocycles. The van der Waals surface area contributed by atoms with Gasteiger partial charge in [-0.3, -0.25) is 32.8 Å². The van der Waals surface area contributed by atoms with E-state index < -0.39 is 55.4 Å². The Balaban J connectivity index is 1.73. The maximum absolute atomic E-state index is 13.5. The molecule has 0 atom stereocenters. The van der Waals surface area contributed by atoms with E-state index in [-0.39, 0.29) is 35.9 Å². The molecule has 0 bridgehead atoms. The average Bonchev–Trinajstić information content (AvgIpc) is 2.89. The normalized spacial score (nSPS) is 13.0. The highest BCUT2D eigenvalue weighted by Crippen LogP contribution is 2.47. The Morgan fingerprint density at radius 3 is 2.07 bits per heavy atom. The minimum absolute atomic E-state index is 0.0434. The molecule has 1 aliphatic heterocycles. The van der Waals surface area contributed by atoms with Crippen LogP contribution in [0.4, 0.5) is 17.2 Å². The van der Waals surface area contributed by atoms with Gasteiger partial charge < -0.3 is 24.7 Å². The number of hydrogen-bond donors (Lipinski definition) is 2. The van der Waals surface area contributed by atoms with Crippen LogP contribution in [0.2, 0.25) is 0 Å². The first-order chi connectivity index (χ1) is 20.3. The maximum Gasteiger partial charge on any atom is 0.338 e. The summed E-state index contributed by atoms with van der Waals surface area (Å²) in [6, 6.07) is 3.67. The van der Waals surface area contributed by atoms with Gasteiger partial charge in [0, 0.05) is 6.54 Å². The molecule has 44 heavy (non-hydrogen) atoms. The zero-order valence-electron chi connectivity index (χ0n) is 26.4. The number of ether oxygens (including phenoxy) is 2. The van der Waals surface area contributed by atoms with E-state index in [9.17, 15) is 23.7 Å². The Morgan fingerprint density at radius 1 is 0.977 bits per heavy atom. The lowest BCUT2D eigenvalue weighted by molar-refractivity contribution is -0.162. The Kier molecular flexibility index (Phi) is 10.6. The highest BCUT2D eigenvalue weighted by atomic mass is 31.2. The minimum Gasteiger partial charge on any atom is -0.438 e. The van der Waals surface area contributed by atoms with Gasteiger partial charge in [0.05, 0.1) is 28.4 Å². The van der Waals surface area contributed by atoms with Crippen molar-refractivity contribution in [3.63, 3.8) is 0 Å². The molecule has 2 aromatic rings. The second-order valence-corrected chi connectivity index (χ2v) is 14.5. The van der Waals surface area contributed by atoms with Crippen LogP contribution in [0, 0.1) is 24.7 Å². The number of H-pyrrole nitrogens is 1. The van der Waals surface area contributed by atoms with Crippen molar-refractivity contribution < 1.29 is 37.5 Å². The van der Waals surface area contributed by atoms with Crippen molar-refractivity contribution in [3.05, 3.63) is 44.5 Å². The van der Waals surface area contributed by atoms with E-state index in [2.05, 4.69) is 26.9 Å². The van der Waals surface area contributed by atoms with E-state index in [0.717, 1.165) is 11.1 Å². The lowest BCUT2D eigenvalue weighted by Crippen LogP contribution is -2.45. The van der Waals surface area contributed by atoms with Gasteiger partial charge in [0.25, 0.3) is 5.56 Å². The quantitative estimate of drug-likeness (QED) is 0.211. The summed E-state index contributed by atoms with van der Waals surface area (Å²) in [5, 5.41) is 2.70. The van der Waals surface area contributed by atoms with Crippen molar-refractivity contribution in [3.8, 4) is 0 Å². The molecule has 1 amide bonds. The van der Waals surface area contributed by atoms with Crippen LogP contribution in [0.15, 0.2) is 21.9 Å². The topological polar surface area (TPSA) is 179 Å². The molecule has 1 aliphatic rings. The van der Waals surface area contributed by atoms with Gasteiger partial charge in [-0.2, -0.15) is 0 Å². The van der Waals surface area contributed by atoms with Crippen LogP contribution in [-0.2, 0) is 37.5 Å². The molecular weight excluding hydrogens is 593 g/mol. The van der Waals surface area contributed by atoms with Gasteiger partial charge >= 0.3 is 19.5 Å². The summed E-state index contributed by atoms with van der Waals surface area (Å²) in [7, 11) is -4.03. The van der Waals surface area contributed by atoms with E-state index in [4.69, 9.17) is 18.5 Å². The number of nitrogens with zero attached hydrogens (tertiary/aromatic N) is 3. The monoisotopic (exact) mass is 633 g/mol. The molecule has 0 fully saturated rings. The van der Waals surface area contributed by atoms with Crippen molar-refractivity contribution in [2.24, 2.45) is 15.8 Å². The SMILES string of the molecule is C=c1nc2c(c(=O)[nH]1)=Nc1cc(C)c(C)cc1N2CC(=O)NCCP(=O)(OCOC(=O)C(C)(C)C)OCOC(=O)C(C)(C)C. The summed E-state index contributed by atoms with van der Waals surface area (Å²) in [5.41, 5.74) is 0.937. The molecule has 3 rings (SSSR count). The van der Waals surface area contributed by atoms with Crippen molar-refractivity contribution in [2.45, 2.75) is 55.4 Å². The molecule has 0 radical (unpaired) electrons. The van der Waals surface area contributed by atoms with Crippen LogP contribution < -0.4 is 26.6 Å². The highest BCUT2D eigenvalue weighted by Gasteiger charge is 2.31. The van der Waals surface area contributed by atoms with Gasteiger partial charge in [0.2, 0.25) is 19.5 Å². The Hall–Kier alpha value is -3.87. The van der Waals surface area contributed by atoms with Crippen LogP contribution in [0.1, 0.15) is 52.7 Å². The summed E-state index contributed by atoms with van der Waals surface area (Å²) in [4.78, 5) is 62.9. The van der Waals surface area contributed by atoms with Crippen LogP contribution in [0.3, 0.4) is 0 Å². The van der Waals surface area contributed by atoms with Gasteiger partial charge in [-0.25, -0.2) is 9.98 Å². The van der Waals surface area contributed by atoms with E-state index in [1.54, 1.807) is 46.4 Å². The third-order valence-corrected chi connectivity index (χ3v) is 8.18. The zero-order chi connectivity index (χ0) is 33.0. The van der Waals surface area contributed by atoms with Crippen molar-refractivity contribution in [2.75, 3.05) is 37.7 Å². The molecule has 15 heteroatoms. The summed E-state index contributed by atoms with van der Waals surface area (Å²) >= 11 is 0. The molecule has 2 heterocycles. The number of nitrogens with one attached hydrogen (secondary N) is 2. The molecule has 0 unspecified atom stereocenters. The van der Waals surface area contributed by atoms with Crippen molar-refractivity contribution in [1.29, 1.82) is 0 Å². The number of carbonyl (C=O) groups is 3. The van der Waals surface area contributed by atoms with Crippen LogP contribution >= 0.6 is 7.60 Å². The Morgan fingerprint density at radius 2 is 1.52 bits per heavy atom. The number of aromatic amines is 1. The maximum atomic E-state index is 13.5. The number of rotatable bonds is 11. The van der Waals surface area contributed by atoms with Crippen LogP contribution in [-0.4, -0.2) is 60.7 Å². The van der Waals surface area contributed by atoms with Crippen molar-refractivity contribution >= 4 is 49.2 Å². The fourth-order valence-electron chi connectivity index (χ4n) is 3.73. The second kappa shape index (κ2) is 13.4. The number of aromatic nitrogens is 2. The van der Waals surface area contributed by atoms with Gasteiger partial charge in [0.15, 0.2) is 11.2 Å². The Labute approximate surface area is 255 Å². The van der Waals surface area contributed by atoms with Crippen LogP contribution in [0.5, 0.6) is 0 Å². The second-order valence-electron chi connectivity index (χ2n) is 12.3. The van der Waals surface area contributed by atoms with Crippen LogP contribution in [0.25, 0.3) is 6.58 Å². The first-order valence-electron chi connectivity index (χ1n) is 13.9. The molecule has 240 valence electrons. The summed E-state index contributed by atoms with van der Waals surface area (Å²) in [6.45, 7) is 15.6. The lowest BCUT2D eigenvalue weighted by Gasteiger charge is -2.28. The molecule has 1 aromatic carbocycles. The molecule has 14 nitrogen and oxygen atoms in total. The third-order valence-electron chi connectivity index (χ3n) is 6.41. The summed E-state index contributed by atoms with van der Waals surface area (Å²) in [6.07, 6.45) is -0.333. The Bertz CT molecular complexity index is 1620. The largest absolute Gasteiger partial charge is 0.438 e. The molecule has 2 N–H and O–H groups in total. The zero-order valence-corrected chi connectivity index (χ0v) is 27.3. The third kappa shape index (κ3) is 8.84. The summed E-state index contributed by atoms with van der Waals surface area (Å²) < 4.78 is 34.2. The average molecular weight is 634 g/mol. The first kappa shape index (κ1) is 34.6. The number of benzene rings is 1. The van der Waals surface area contributed by atoms with Gasteiger partial charge in [-0.1, -0.05) is 6.58 Å². The minimum atomic E-state index is -4.03. The van der Waals surface area contributed by atoms with E-state index in [1.807, 2.05) is 26.0 Å². The number of fused-ring (bicyclic) bond motifs is 2. The molecule has 0 saturated heterocycles. The highest BCUT2D eigenvalue weighted by molar-refractivity contribution is 7.53. The number of hydrogen-bond acceptors (Lipinski definition) is 12. The fourth-order valence-corrected chi connectivity index (χ4v) is 4.87. The van der Waals surface area contributed by atoms with E-state index >= 15 is 0 Å². The summed E-state index contributed by atoms with van der Waals surface area (Å²) in [5.74, 6) is -1.51. The predicted molar refractivity (Wildman–Crippen MR) is 162 cm³/mol. The number of carbonyl (C=O) groups excluding carboxylic acids is 3. The predicted octanol–water partition coefficient (Wildman–Crippen LogP) is 2.64. The lowest BCUT2D eigenvalue weighted by atomic mass is 9.98. The molecule has 0 spiro atoms. The van der Waals surface area contributed by atoms with Gasteiger partial charge in [-0.15, -0.1) is 0 Å². The van der Waals surface area contributed by atoms with Crippen molar-refractivity contribution in [1.82, 2.24) is 15.3 Å². The van der Waals surface area contributed by atoms with E-state index in [1.165, 1.54) is 0 Å². The van der Waals surface area contributed by atoms with E-state index in [0.29, 0.717) is 11.4 Å². The molecular formula is C29H40N5O9P. The fraction of sp³-hybridized carbons (Fsp3) is 0.517. The smallest absolute Gasteiger partial charge is 0.338 e. The standard InChI is InChI=1S/C29H40N5O9P/c1-17-12-20-21(13-18(17)2)34(24-23(33-20)25(36)32-19(3)31-24)14-22(35)30-10-11-44(39,42-15-40-26(37)28(4,5)6)43-16-41-27(38)29(7,8)9/h12-13H,3,10-11,14-16H2,1-2,4-9H3,(H,30,35)(H,32,36). The number of anilines is 2. The number of esters is 2. The number of amides is 1.